The van der Waals surface area contributed by atoms with Crippen LogP contribution in [0.4, 0.5) is 5.69 Å². The van der Waals surface area contributed by atoms with E-state index in [0.717, 1.165) is 22.6 Å². The van der Waals surface area contributed by atoms with Crippen LogP contribution in [0.1, 0.15) is 17.0 Å². The first-order valence-electron chi connectivity index (χ1n) is 6.01. The summed E-state index contributed by atoms with van der Waals surface area (Å²) >= 11 is 5.88. The van der Waals surface area contributed by atoms with Gasteiger partial charge in [-0.1, -0.05) is 11.6 Å². The Labute approximate surface area is 117 Å². The Hall–Kier alpha value is -1.81. The third-order valence-electron chi connectivity index (χ3n) is 2.90. The van der Waals surface area contributed by atoms with E-state index in [1.807, 2.05) is 39.1 Å². The summed E-state index contributed by atoms with van der Waals surface area (Å²) in [5, 5.41) is 7.77. The van der Waals surface area contributed by atoms with Crippen LogP contribution < -0.4 is 5.32 Å². The molecule has 1 heterocycles. The minimum atomic E-state index is -0.0616. The van der Waals surface area contributed by atoms with Gasteiger partial charge < -0.3 is 5.32 Å². The first kappa shape index (κ1) is 13.6. The SMILES string of the molecule is Cc1cc(CC(=O)Nc2ccc(Cl)cc2C)n(C)n1. The van der Waals surface area contributed by atoms with E-state index in [4.69, 9.17) is 11.6 Å². The van der Waals surface area contributed by atoms with Crippen LogP contribution in [-0.2, 0) is 18.3 Å². The van der Waals surface area contributed by atoms with Crippen molar-refractivity contribution < 1.29 is 4.79 Å². The fourth-order valence-electron chi connectivity index (χ4n) is 1.96. The first-order valence-corrected chi connectivity index (χ1v) is 6.39. The summed E-state index contributed by atoms with van der Waals surface area (Å²) in [5.41, 5.74) is 3.53. The van der Waals surface area contributed by atoms with Gasteiger partial charge in [0.15, 0.2) is 0 Å². The zero-order valence-electron chi connectivity index (χ0n) is 11.2. The molecule has 0 aliphatic rings. The molecular formula is C14H16ClN3O. The predicted octanol–water partition coefficient (Wildman–Crippen LogP) is 2.87. The number of benzene rings is 1. The Morgan fingerprint density at radius 1 is 1.37 bits per heavy atom. The number of nitrogens with zero attached hydrogens (tertiary/aromatic N) is 2. The Morgan fingerprint density at radius 2 is 2.11 bits per heavy atom. The number of anilines is 1. The third kappa shape index (κ3) is 3.35. The zero-order chi connectivity index (χ0) is 14.0. The number of hydrogen-bond acceptors (Lipinski definition) is 2. The Kier molecular flexibility index (Phi) is 3.90. The Bertz CT molecular complexity index is 619. The van der Waals surface area contributed by atoms with Crippen LogP contribution in [0.3, 0.4) is 0 Å². The largest absolute Gasteiger partial charge is 0.326 e. The fourth-order valence-corrected chi connectivity index (χ4v) is 2.18. The van der Waals surface area contributed by atoms with Gasteiger partial charge >= 0.3 is 0 Å². The number of nitrogens with one attached hydrogen (secondary N) is 1. The average molecular weight is 278 g/mol. The van der Waals surface area contributed by atoms with Crippen LogP contribution in [0.15, 0.2) is 24.3 Å². The molecule has 0 aliphatic carbocycles. The Morgan fingerprint density at radius 3 is 2.68 bits per heavy atom. The van der Waals surface area contributed by atoms with Crippen molar-refractivity contribution in [2.75, 3.05) is 5.32 Å². The van der Waals surface area contributed by atoms with Gasteiger partial charge in [-0.3, -0.25) is 9.48 Å². The molecule has 5 heteroatoms. The number of rotatable bonds is 3. The molecule has 0 spiro atoms. The normalized spacial score (nSPS) is 10.5. The lowest BCUT2D eigenvalue weighted by Gasteiger charge is -2.08. The molecule has 0 aliphatic heterocycles. The van der Waals surface area contributed by atoms with Gasteiger partial charge in [0.1, 0.15) is 0 Å². The number of carbonyl (C=O) groups is 1. The highest BCUT2D eigenvalue weighted by atomic mass is 35.5. The summed E-state index contributed by atoms with van der Waals surface area (Å²) in [4.78, 5) is 12.0. The summed E-state index contributed by atoms with van der Waals surface area (Å²) < 4.78 is 1.73. The smallest absolute Gasteiger partial charge is 0.230 e. The van der Waals surface area contributed by atoms with Crippen LogP contribution in [-0.4, -0.2) is 15.7 Å². The second kappa shape index (κ2) is 5.45. The number of amides is 1. The summed E-state index contributed by atoms with van der Waals surface area (Å²) in [6.07, 6.45) is 0.305. The van der Waals surface area contributed by atoms with Gasteiger partial charge in [-0.2, -0.15) is 5.10 Å². The van der Waals surface area contributed by atoms with Crippen molar-refractivity contribution in [1.29, 1.82) is 0 Å². The molecule has 2 rings (SSSR count). The highest BCUT2D eigenvalue weighted by Gasteiger charge is 2.10. The lowest BCUT2D eigenvalue weighted by atomic mass is 10.2. The van der Waals surface area contributed by atoms with Crippen molar-refractivity contribution in [3.05, 3.63) is 46.2 Å². The van der Waals surface area contributed by atoms with Crippen molar-refractivity contribution in [2.24, 2.45) is 7.05 Å². The highest BCUT2D eigenvalue weighted by Crippen LogP contribution is 2.19. The number of carbonyl (C=O) groups excluding carboxylic acids is 1. The molecule has 19 heavy (non-hydrogen) atoms. The molecule has 0 saturated heterocycles. The van der Waals surface area contributed by atoms with Gasteiger partial charge in [-0.25, -0.2) is 0 Å². The molecule has 1 N–H and O–H groups in total. The summed E-state index contributed by atoms with van der Waals surface area (Å²) in [6.45, 7) is 3.82. The van der Waals surface area contributed by atoms with E-state index in [9.17, 15) is 4.79 Å². The molecule has 2 aromatic rings. The maximum atomic E-state index is 12.0. The van der Waals surface area contributed by atoms with Gasteiger partial charge in [-0.15, -0.1) is 0 Å². The molecule has 1 aromatic carbocycles. The molecule has 100 valence electrons. The van der Waals surface area contributed by atoms with Crippen LogP contribution >= 0.6 is 11.6 Å². The maximum absolute atomic E-state index is 12.0. The second-order valence-corrected chi connectivity index (χ2v) is 5.02. The lowest BCUT2D eigenvalue weighted by Crippen LogP contribution is -2.17. The van der Waals surface area contributed by atoms with Gasteiger partial charge in [0.25, 0.3) is 0 Å². The summed E-state index contributed by atoms with van der Waals surface area (Å²) in [5.74, 6) is -0.0616. The van der Waals surface area contributed by atoms with E-state index >= 15 is 0 Å². The van der Waals surface area contributed by atoms with Gasteiger partial charge in [0.2, 0.25) is 5.91 Å². The minimum Gasteiger partial charge on any atom is -0.326 e. The fraction of sp³-hybridized carbons (Fsp3) is 0.286. The van der Waals surface area contributed by atoms with E-state index in [1.165, 1.54) is 0 Å². The van der Waals surface area contributed by atoms with Crippen LogP contribution in [0.2, 0.25) is 5.02 Å². The van der Waals surface area contributed by atoms with E-state index < -0.39 is 0 Å². The van der Waals surface area contributed by atoms with Crippen molar-refractivity contribution in [2.45, 2.75) is 20.3 Å². The maximum Gasteiger partial charge on any atom is 0.230 e. The summed E-state index contributed by atoms with van der Waals surface area (Å²) in [7, 11) is 1.84. The molecule has 0 atom stereocenters. The lowest BCUT2D eigenvalue weighted by molar-refractivity contribution is -0.115. The molecule has 1 aromatic heterocycles. The quantitative estimate of drug-likeness (QED) is 0.938. The molecule has 0 radical (unpaired) electrons. The van der Waals surface area contributed by atoms with E-state index in [1.54, 1.807) is 10.7 Å². The van der Waals surface area contributed by atoms with E-state index in [0.29, 0.717) is 11.4 Å². The van der Waals surface area contributed by atoms with E-state index in [-0.39, 0.29) is 5.91 Å². The minimum absolute atomic E-state index is 0.0616. The molecule has 1 amide bonds. The topological polar surface area (TPSA) is 46.9 Å². The second-order valence-electron chi connectivity index (χ2n) is 4.58. The van der Waals surface area contributed by atoms with E-state index in [2.05, 4.69) is 10.4 Å². The number of hydrogen-bond donors (Lipinski definition) is 1. The molecule has 0 unspecified atom stereocenters. The van der Waals surface area contributed by atoms with Crippen LogP contribution in [0.5, 0.6) is 0 Å². The standard InChI is InChI=1S/C14H16ClN3O/c1-9-6-11(15)4-5-13(9)16-14(19)8-12-7-10(2)17-18(12)3/h4-7H,8H2,1-3H3,(H,16,19). The predicted molar refractivity (Wildman–Crippen MR) is 76.5 cm³/mol. The third-order valence-corrected chi connectivity index (χ3v) is 3.14. The van der Waals surface area contributed by atoms with Crippen molar-refractivity contribution >= 4 is 23.2 Å². The molecule has 0 saturated carbocycles. The van der Waals surface area contributed by atoms with Gasteiger partial charge in [0, 0.05) is 23.5 Å². The zero-order valence-corrected chi connectivity index (χ0v) is 12.0. The van der Waals surface area contributed by atoms with Crippen molar-refractivity contribution in [3.8, 4) is 0 Å². The molecule has 4 nitrogen and oxygen atoms in total. The molecule has 0 fully saturated rings. The first-order chi connectivity index (χ1) is 8.95. The summed E-state index contributed by atoms with van der Waals surface area (Å²) in [6, 6.07) is 7.31. The Balaban J connectivity index is 2.07. The molecule has 0 bridgehead atoms. The van der Waals surface area contributed by atoms with Gasteiger partial charge in [0.05, 0.1) is 12.1 Å². The average Bonchev–Trinajstić information content (AvgIpc) is 2.61. The van der Waals surface area contributed by atoms with Crippen LogP contribution in [0, 0.1) is 13.8 Å². The molecular weight excluding hydrogens is 262 g/mol. The number of aromatic nitrogens is 2. The van der Waals surface area contributed by atoms with Gasteiger partial charge in [-0.05, 0) is 43.7 Å². The van der Waals surface area contributed by atoms with Crippen molar-refractivity contribution in [1.82, 2.24) is 9.78 Å². The number of halogens is 1. The van der Waals surface area contributed by atoms with Crippen LogP contribution in [0.25, 0.3) is 0 Å². The number of aryl methyl sites for hydroxylation is 3. The monoisotopic (exact) mass is 277 g/mol. The highest BCUT2D eigenvalue weighted by molar-refractivity contribution is 6.30. The van der Waals surface area contributed by atoms with Crippen molar-refractivity contribution in [3.63, 3.8) is 0 Å².